The van der Waals surface area contributed by atoms with Crippen LogP contribution in [0.25, 0.3) is 16.6 Å². The molecule has 25 heavy (non-hydrogen) atoms. The summed E-state index contributed by atoms with van der Waals surface area (Å²) >= 11 is 1.27. The first kappa shape index (κ1) is 15.2. The molecule has 0 radical (unpaired) electrons. The molecule has 122 valence electrons. The van der Waals surface area contributed by atoms with Gasteiger partial charge in [-0.05, 0) is 18.2 Å². The molecule has 3 aromatic heterocycles. The standard InChI is InChI=1S/C17H11N5O2S/c23-15-12-6-2-1-5-11(12)13(9-19-17-21-20-10-25-17)16(24)22(15)14-7-3-4-8-18-14/h1-10,24H/b19-9+. The summed E-state index contributed by atoms with van der Waals surface area (Å²) < 4.78 is 1.17. The average Bonchev–Trinajstić information content (AvgIpc) is 3.16. The van der Waals surface area contributed by atoms with Crippen LogP contribution in [0.2, 0.25) is 0 Å². The molecule has 0 aliphatic rings. The Morgan fingerprint density at radius 1 is 1.12 bits per heavy atom. The number of aromatic nitrogens is 4. The highest BCUT2D eigenvalue weighted by Gasteiger charge is 2.16. The van der Waals surface area contributed by atoms with Crippen LogP contribution in [0.3, 0.4) is 0 Å². The summed E-state index contributed by atoms with van der Waals surface area (Å²) in [7, 11) is 0. The highest BCUT2D eigenvalue weighted by molar-refractivity contribution is 7.13. The molecular weight excluding hydrogens is 338 g/mol. The molecule has 0 saturated carbocycles. The van der Waals surface area contributed by atoms with Gasteiger partial charge in [0.15, 0.2) is 0 Å². The van der Waals surface area contributed by atoms with Crippen molar-refractivity contribution in [2.45, 2.75) is 0 Å². The number of aliphatic imine (C=N–C) groups is 1. The van der Waals surface area contributed by atoms with E-state index in [1.54, 1.807) is 54.2 Å². The van der Waals surface area contributed by atoms with Gasteiger partial charge in [-0.15, -0.1) is 10.2 Å². The van der Waals surface area contributed by atoms with Crippen LogP contribution in [-0.4, -0.2) is 31.1 Å². The lowest BCUT2D eigenvalue weighted by molar-refractivity contribution is 0.435. The number of hydrogen-bond donors (Lipinski definition) is 1. The van der Waals surface area contributed by atoms with Crippen LogP contribution in [0.15, 0.2) is 64.0 Å². The van der Waals surface area contributed by atoms with E-state index in [2.05, 4.69) is 20.2 Å². The molecule has 0 aliphatic carbocycles. The van der Waals surface area contributed by atoms with Crippen molar-refractivity contribution < 1.29 is 5.11 Å². The van der Waals surface area contributed by atoms with E-state index in [1.807, 2.05) is 0 Å². The summed E-state index contributed by atoms with van der Waals surface area (Å²) in [4.78, 5) is 21.2. The van der Waals surface area contributed by atoms with Crippen molar-refractivity contribution in [3.05, 3.63) is 70.1 Å². The molecule has 0 aliphatic heterocycles. The van der Waals surface area contributed by atoms with Crippen LogP contribution in [0.5, 0.6) is 5.88 Å². The van der Waals surface area contributed by atoms with Gasteiger partial charge in [0.1, 0.15) is 11.3 Å². The quantitative estimate of drug-likeness (QED) is 0.574. The molecule has 0 bridgehead atoms. The Morgan fingerprint density at radius 2 is 1.92 bits per heavy atom. The van der Waals surface area contributed by atoms with Gasteiger partial charge in [0.25, 0.3) is 5.56 Å². The van der Waals surface area contributed by atoms with Gasteiger partial charge in [-0.3, -0.25) is 4.79 Å². The van der Waals surface area contributed by atoms with Gasteiger partial charge in [-0.25, -0.2) is 14.5 Å². The third-order valence-corrected chi connectivity index (χ3v) is 4.23. The van der Waals surface area contributed by atoms with Crippen molar-refractivity contribution in [2.75, 3.05) is 0 Å². The zero-order chi connectivity index (χ0) is 17.2. The zero-order valence-electron chi connectivity index (χ0n) is 12.8. The molecule has 1 N–H and O–H groups in total. The Morgan fingerprint density at radius 3 is 2.64 bits per heavy atom. The third kappa shape index (κ3) is 2.68. The number of fused-ring (bicyclic) bond motifs is 1. The lowest BCUT2D eigenvalue weighted by atomic mass is 10.1. The van der Waals surface area contributed by atoms with Crippen molar-refractivity contribution in [3.63, 3.8) is 0 Å². The number of aromatic hydroxyl groups is 1. The monoisotopic (exact) mass is 349 g/mol. The second-order valence-electron chi connectivity index (χ2n) is 5.09. The number of pyridine rings is 2. The molecule has 8 heteroatoms. The summed E-state index contributed by atoms with van der Waals surface area (Å²) in [6.07, 6.45) is 3.04. The van der Waals surface area contributed by atoms with Crippen LogP contribution < -0.4 is 5.56 Å². The van der Waals surface area contributed by atoms with Crippen LogP contribution >= 0.6 is 11.3 Å². The Bertz CT molecular complexity index is 1120. The van der Waals surface area contributed by atoms with E-state index in [1.165, 1.54) is 22.1 Å². The number of nitrogens with zero attached hydrogens (tertiary/aromatic N) is 5. The second-order valence-corrected chi connectivity index (χ2v) is 5.90. The van der Waals surface area contributed by atoms with Crippen molar-refractivity contribution in [1.82, 2.24) is 19.7 Å². The van der Waals surface area contributed by atoms with Crippen molar-refractivity contribution >= 4 is 33.5 Å². The van der Waals surface area contributed by atoms with E-state index in [0.29, 0.717) is 27.3 Å². The Hall–Kier alpha value is -3.39. The molecule has 0 unspecified atom stereocenters. The highest BCUT2D eigenvalue weighted by Crippen LogP contribution is 2.26. The van der Waals surface area contributed by atoms with Gasteiger partial charge < -0.3 is 5.11 Å². The molecule has 1 aromatic carbocycles. The van der Waals surface area contributed by atoms with Gasteiger partial charge in [0, 0.05) is 23.2 Å². The molecule has 0 atom stereocenters. The highest BCUT2D eigenvalue weighted by atomic mass is 32.1. The molecular formula is C17H11N5O2S. The minimum atomic E-state index is -0.347. The summed E-state index contributed by atoms with van der Waals surface area (Å²) in [5.41, 5.74) is 1.63. The van der Waals surface area contributed by atoms with Gasteiger partial charge >= 0.3 is 0 Å². The largest absolute Gasteiger partial charge is 0.494 e. The molecule has 0 spiro atoms. The van der Waals surface area contributed by atoms with Crippen LogP contribution in [0.4, 0.5) is 5.13 Å². The topological polar surface area (TPSA) is 93.3 Å². The third-order valence-electron chi connectivity index (χ3n) is 3.63. The van der Waals surface area contributed by atoms with Gasteiger partial charge in [0.05, 0.1) is 5.56 Å². The Balaban J connectivity index is 2.03. The fourth-order valence-electron chi connectivity index (χ4n) is 2.53. The molecule has 0 amide bonds. The molecule has 0 fully saturated rings. The van der Waals surface area contributed by atoms with E-state index in [9.17, 15) is 9.90 Å². The Kier molecular flexibility index (Phi) is 3.79. The van der Waals surface area contributed by atoms with Crippen LogP contribution in [-0.2, 0) is 0 Å². The van der Waals surface area contributed by atoms with E-state index < -0.39 is 0 Å². The predicted octanol–water partition coefficient (Wildman–Crippen LogP) is 2.69. The van der Waals surface area contributed by atoms with Crippen LogP contribution in [0.1, 0.15) is 5.56 Å². The molecule has 0 saturated heterocycles. The average molecular weight is 349 g/mol. The van der Waals surface area contributed by atoms with Gasteiger partial charge in [-0.2, -0.15) is 0 Å². The lowest BCUT2D eigenvalue weighted by Gasteiger charge is -2.12. The number of benzene rings is 1. The SMILES string of the molecule is O=c1c2ccccc2c(/C=N/c2nncs2)c(O)n1-c1ccccn1. The minimum absolute atomic E-state index is 0.226. The van der Waals surface area contributed by atoms with E-state index >= 15 is 0 Å². The summed E-state index contributed by atoms with van der Waals surface area (Å²) in [6, 6.07) is 12.2. The van der Waals surface area contributed by atoms with Gasteiger partial charge in [0.2, 0.25) is 11.0 Å². The predicted molar refractivity (Wildman–Crippen MR) is 96.2 cm³/mol. The minimum Gasteiger partial charge on any atom is -0.494 e. The molecule has 4 aromatic rings. The molecule has 3 heterocycles. The summed E-state index contributed by atoms with van der Waals surface area (Å²) in [5, 5.41) is 19.8. The first-order chi connectivity index (χ1) is 12.3. The summed E-state index contributed by atoms with van der Waals surface area (Å²) in [5.74, 6) is 0.108. The van der Waals surface area contributed by atoms with Crippen molar-refractivity contribution in [1.29, 1.82) is 0 Å². The van der Waals surface area contributed by atoms with Crippen molar-refractivity contribution in [3.8, 4) is 11.7 Å². The zero-order valence-corrected chi connectivity index (χ0v) is 13.6. The second kappa shape index (κ2) is 6.25. The van der Waals surface area contributed by atoms with E-state index in [0.717, 1.165) is 0 Å². The molecule has 7 nitrogen and oxygen atoms in total. The Labute approximate surface area is 145 Å². The first-order valence-electron chi connectivity index (χ1n) is 7.34. The van der Waals surface area contributed by atoms with E-state index in [4.69, 9.17) is 0 Å². The first-order valence-corrected chi connectivity index (χ1v) is 8.22. The smallest absolute Gasteiger partial charge is 0.267 e. The maximum absolute atomic E-state index is 12.8. The normalized spacial score (nSPS) is 11.4. The van der Waals surface area contributed by atoms with Crippen LogP contribution in [0, 0.1) is 0 Å². The number of hydrogen-bond acceptors (Lipinski definition) is 7. The maximum atomic E-state index is 12.8. The lowest BCUT2D eigenvalue weighted by Crippen LogP contribution is -2.20. The fourth-order valence-corrected chi connectivity index (χ4v) is 2.93. The van der Waals surface area contributed by atoms with E-state index in [-0.39, 0.29) is 11.4 Å². The van der Waals surface area contributed by atoms with Crippen molar-refractivity contribution in [2.24, 2.45) is 4.99 Å². The fraction of sp³-hybridized carbons (Fsp3) is 0. The maximum Gasteiger partial charge on any atom is 0.267 e. The van der Waals surface area contributed by atoms with Gasteiger partial charge in [-0.1, -0.05) is 35.6 Å². The molecule has 4 rings (SSSR count). The number of rotatable bonds is 3. The summed E-state index contributed by atoms with van der Waals surface area (Å²) in [6.45, 7) is 0.